The Morgan fingerprint density at radius 3 is 2.07 bits per heavy atom. The number of rotatable bonds is 10. The van der Waals surface area contributed by atoms with Gasteiger partial charge in [0.1, 0.15) is 6.23 Å². The topological polar surface area (TPSA) is 35.2 Å². The maximum Gasteiger partial charge on any atom is 0.105 e. The smallest absolute Gasteiger partial charge is 0.105 e. The summed E-state index contributed by atoms with van der Waals surface area (Å²) in [5.74, 6) is 0. The Hall–Kier alpha value is -0.0800. The van der Waals surface area contributed by atoms with Gasteiger partial charge in [-0.25, -0.2) is 0 Å². The van der Waals surface area contributed by atoms with E-state index in [0.29, 0.717) is 0 Å². The first-order valence-corrected chi connectivity index (χ1v) is 6.18. The maximum absolute atomic E-state index is 5.63. The molecule has 0 fully saturated rings. The van der Waals surface area contributed by atoms with Crippen molar-refractivity contribution in [3.05, 3.63) is 0 Å². The second-order valence-electron chi connectivity index (χ2n) is 3.94. The van der Waals surface area contributed by atoms with Gasteiger partial charge in [0.2, 0.25) is 0 Å². The Morgan fingerprint density at radius 2 is 1.50 bits per heavy atom. The molecule has 0 aliphatic carbocycles. The zero-order valence-electron chi connectivity index (χ0n) is 9.93. The van der Waals surface area contributed by atoms with Crippen LogP contribution < -0.4 is 5.73 Å². The summed E-state index contributed by atoms with van der Waals surface area (Å²) in [5, 5.41) is 0. The largest absolute Gasteiger partial charge is 0.364 e. The monoisotopic (exact) mass is 201 g/mol. The SMILES string of the molecule is CCCCCCCCCOC(N)CC. The van der Waals surface area contributed by atoms with Crippen LogP contribution in [0.3, 0.4) is 0 Å². The van der Waals surface area contributed by atoms with Crippen LogP contribution in [0, 0.1) is 0 Å². The fourth-order valence-corrected chi connectivity index (χ4v) is 1.41. The number of unbranched alkanes of at least 4 members (excludes halogenated alkanes) is 6. The van der Waals surface area contributed by atoms with Crippen molar-refractivity contribution < 1.29 is 4.74 Å². The lowest BCUT2D eigenvalue weighted by Crippen LogP contribution is -2.22. The summed E-state index contributed by atoms with van der Waals surface area (Å²) in [6, 6.07) is 0. The van der Waals surface area contributed by atoms with E-state index in [4.69, 9.17) is 10.5 Å². The van der Waals surface area contributed by atoms with Crippen molar-refractivity contribution in [1.29, 1.82) is 0 Å². The molecule has 0 aromatic carbocycles. The fourth-order valence-electron chi connectivity index (χ4n) is 1.41. The van der Waals surface area contributed by atoms with Crippen LogP contribution in [-0.4, -0.2) is 12.8 Å². The highest BCUT2D eigenvalue weighted by Crippen LogP contribution is 2.07. The Balaban J connectivity index is 2.92. The van der Waals surface area contributed by atoms with Crippen molar-refractivity contribution in [2.45, 2.75) is 71.4 Å². The summed E-state index contributed by atoms with van der Waals surface area (Å²) >= 11 is 0. The highest BCUT2D eigenvalue weighted by atomic mass is 16.5. The van der Waals surface area contributed by atoms with E-state index < -0.39 is 0 Å². The minimum Gasteiger partial charge on any atom is -0.364 e. The molecule has 2 nitrogen and oxygen atoms in total. The second kappa shape index (κ2) is 11.0. The van der Waals surface area contributed by atoms with E-state index in [1.165, 1.54) is 44.9 Å². The van der Waals surface area contributed by atoms with E-state index in [-0.39, 0.29) is 6.23 Å². The average Bonchev–Trinajstić information content (AvgIpc) is 2.21. The molecule has 0 aliphatic rings. The van der Waals surface area contributed by atoms with Gasteiger partial charge < -0.3 is 10.5 Å². The lowest BCUT2D eigenvalue weighted by molar-refractivity contribution is 0.0526. The molecule has 14 heavy (non-hydrogen) atoms. The highest BCUT2D eigenvalue weighted by molar-refractivity contribution is 4.46. The maximum atomic E-state index is 5.63. The van der Waals surface area contributed by atoms with E-state index in [2.05, 4.69) is 13.8 Å². The second-order valence-corrected chi connectivity index (χ2v) is 3.94. The molecule has 1 unspecified atom stereocenters. The Labute approximate surface area is 89.2 Å². The van der Waals surface area contributed by atoms with Gasteiger partial charge in [0.15, 0.2) is 0 Å². The minimum atomic E-state index is -0.0462. The van der Waals surface area contributed by atoms with E-state index in [1.54, 1.807) is 0 Å². The summed E-state index contributed by atoms with van der Waals surface area (Å²) in [6.45, 7) is 5.14. The number of ether oxygens (including phenoxy) is 1. The third kappa shape index (κ3) is 10.0. The van der Waals surface area contributed by atoms with Gasteiger partial charge in [0.25, 0.3) is 0 Å². The van der Waals surface area contributed by atoms with Crippen LogP contribution in [0.1, 0.15) is 65.2 Å². The highest BCUT2D eigenvalue weighted by Gasteiger charge is 1.97. The first kappa shape index (κ1) is 13.9. The van der Waals surface area contributed by atoms with Crippen molar-refractivity contribution in [1.82, 2.24) is 0 Å². The summed E-state index contributed by atoms with van der Waals surface area (Å²) < 4.78 is 5.40. The molecule has 0 saturated heterocycles. The van der Waals surface area contributed by atoms with Crippen molar-refractivity contribution in [2.75, 3.05) is 6.61 Å². The van der Waals surface area contributed by atoms with Gasteiger partial charge in [0.05, 0.1) is 0 Å². The van der Waals surface area contributed by atoms with Crippen molar-refractivity contribution in [2.24, 2.45) is 5.73 Å². The van der Waals surface area contributed by atoms with Gasteiger partial charge in [-0.3, -0.25) is 0 Å². The van der Waals surface area contributed by atoms with Gasteiger partial charge in [0, 0.05) is 6.61 Å². The molecule has 0 amide bonds. The molecule has 0 rings (SSSR count). The third-order valence-electron chi connectivity index (χ3n) is 2.48. The molecule has 1 atom stereocenters. The molecule has 0 heterocycles. The Bertz CT molecular complexity index is 106. The Morgan fingerprint density at radius 1 is 0.929 bits per heavy atom. The van der Waals surface area contributed by atoms with E-state index in [1.807, 2.05) is 0 Å². The van der Waals surface area contributed by atoms with Crippen LogP contribution in [0.25, 0.3) is 0 Å². The fraction of sp³-hybridized carbons (Fsp3) is 1.00. The standard InChI is InChI=1S/C12H27NO/c1-3-5-6-7-8-9-10-11-14-12(13)4-2/h12H,3-11,13H2,1-2H3. The Kier molecular flexibility index (Phi) is 10.9. The van der Waals surface area contributed by atoms with Gasteiger partial charge in [-0.1, -0.05) is 52.4 Å². The van der Waals surface area contributed by atoms with Crippen LogP contribution in [-0.2, 0) is 4.74 Å². The van der Waals surface area contributed by atoms with Crippen molar-refractivity contribution in [3.63, 3.8) is 0 Å². The summed E-state index contributed by atoms with van der Waals surface area (Å²) in [7, 11) is 0. The minimum absolute atomic E-state index is 0.0462. The number of nitrogens with two attached hydrogens (primary N) is 1. The van der Waals surface area contributed by atoms with Gasteiger partial charge in [-0.15, -0.1) is 0 Å². The van der Waals surface area contributed by atoms with E-state index >= 15 is 0 Å². The summed E-state index contributed by atoms with van der Waals surface area (Å²) in [5.41, 5.74) is 5.63. The average molecular weight is 201 g/mol. The van der Waals surface area contributed by atoms with Gasteiger partial charge in [-0.05, 0) is 12.8 Å². The zero-order valence-corrected chi connectivity index (χ0v) is 9.93. The van der Waals surface area contributed by atoms with E-state index in [0.717, 1.165) is 13.0 Å². The lowest BCUT2D eigenvalue weighted by Gasteiger charge is -2.09. The summed E-state index contributed by atoms with van der Waals surface area (Å²) in [4.78, 5) is 0. The third-order valence-corrected chi connectivity index (χ3v) is 2.48. The molecule has 0 spiro atoms. The van der Waals surface area contributed by atoms with Crippen LogP contribution >= 0.6 is 0 Å². The molecular weight excluding hydrogens is 174 g/mol. The predicted molar refractivity (Wildman–Crippen MR) is 62.2 cm³/mol. The number of hydrogen-bond acceptors (Lipinski definition) is 2. The van der Waals surface area contributed by atoms with Crippen LogP contribution in [0.4, 0.5) is 0 Å². The molecule has 86 valence electrons. The number of hydrogen-bond donors (Lipinski definition) is 1. The molecule has 0 aromatic heterocycles. The van der Waals surface area contributed by atoms with Crippen molar-refractivity contribution >= 4 is 0 Å². The molecule has 0 bridgehead atoms. The molecular formula is C12H27NO. The van der Waals surface area contributed by atoms with Gasteiger partial charge >= 0.3 is 0 Å². The normalized spacial score (nSPS) is 13.1. The molecule has 0 aromatic rings. The van der Waals surface area contributed by atoms with Crippen LogP contribution in [0.15, 0.2) is 0 Å². The molecule has 0 radical (unpaired) electrons. The molecule has 0 saturated carbocycles. The predicted octanol–water partition coefficient (Wildman–Crippen LogP) is 3.45. The first-order chi connectivity index (χ1) is 6.81. The molecule has 2 N–H and O–H groups in total. The molecule has 2 heteroatoms. The first-order valence-electron chi connectivity index (χ1n) is 6.18. The lowest BCUT2D eigenvalue weighted by atomic mass is 10.1. The molecule has 0 aliphatic heterocycles. The van der Waals surface area contributed by atoms with E-state index in [9.17, 15) is 0 Å². The summed E-state index contributed by atoms with van der Waals surface area (Å²) in [6.07, 6.45) is 10.2. The van der Waals surface area contributed by atoms with Gasteiger partial charge in [-0.2, -0.15) is 0 Å². The van der Waals surface area contributed by atoms with Crippen LogP contribution in [0.2, 0.25) is 0 Å². The van der Waals surface area contributed by atoms with Crippen LogP contribution in [0.5, 0.6) is 0 Å². The van der Waals surface area contributed by atoms with Crippen molar-refractivity contribution in [3.8, 4) is 0 Å². The quantitative estimate of drug-likeness (QED) is 0.434. The zero-order chi connectivity index (χ0) is 10.6.